The van der Waals surface area contributed by atoms with Crippen LogP contribution in [0.2, 0.25) is 0 Å². The minimum atomic E-state index is -3.66. The molecule has 2 rings (SSSR count). The van der Waals surface area contributed by atoms with E-state index in [2.05, 4.69) is 25.6 Å². The van der Waals surface area contributed by atoms with E-state index in [-0.39, 0.29) is 18.0 Å². The highest BCUT2D eigenvalue weighted by Crippen LogP contribution is 2.26. The Bertz CT molecular complexity index is 757. The van der Waals surface area contributed by atoms with Gasteiger partial charge in [0.25, 0.3) is 0 Å². The molecule has 21 heavy (non-hydrogen) atoms. The highest BCUT2D eigenvalue weighted by atomic mass is 79.9. The summed E-state index contributed by atoms with van der Waals surface area (Å²) < 4.78 is 28.0. The van der Waals surface area contributed by atoms with E-state index in [0.29, 0.717) is 20.6 Å². The monoisotopic (exact) mass is 390 g/mol. The van der Waals surface area contributed by atoms with Crippen molar-refractivity contribution in [2.45, 2.75) is 31.9 Å². The topological polar surface area (TPSA) is 79.3 Å². The molecular weight excluding hydrogens is 376 g/mol. The number of thiazole rings is 1. The molecule has 8 heteroatoms. The quantitative estimate of drug-likeness (QED) is 0.821. The van der Waals surface area contributed by atoms with Crippen molar-refractivity contribution in [1.82, 2.24) is 9.71 Å². The summed E-state index contributed by atoms with van der Waals surface area (Å²) in [5, 5.41) is 11.8. The van der Waals surface area contributed by atoms with Crippen LogP contribution < -0.4 is 4.72 Å². The molecule has 2 aromatic rings. The first-order valence-electron chi connectivity index (χ1n) is 6.14. The third-order valence-corrected chi connectivity index (χ3v) is 6.23. The second-order valence-corrected chi connectivity index (χ2v) is 8.10. The molecule has 0 fully saturated rings. The molecule has 0 amide bonds. The smallest absolute Gasteiger partial charge is 0.241 e. The van der Waals surface area contributed by atoms with Crippen molar-refractivity contribution in [3.05, 3.63) is 43.8 Å². The first-order chi connectivity index (χ1) is 9.83. The van der Waals surface area contributed by atoms with Crippen molar-refractivity contribution in [2.24, 2.45) is 0 Å². The maximum absolute atomic E-state index is 12.4. The molecule has 0 aliphatic rings. The van der Waals surface area contributed by atoms with Gasteiger partial charge in [-0.1, -0.05) is 15.9 Å². The normalized spacial score (nSPS) is 11.8. The van der Waals surface area contributed by atoms with Gasteiger partial charge in [-0.2, -0.15) is 0 Å². The zero-order valence-corrected chi connectivity index (χ0v) is 14.8. The average Bonchev–Trinajstić information content (AvgIpc) is 2.85. The Labute approximate surface area is 136 Å². The van der Waals surface area contributed by atoms with Crippen LogP contribution in [-0.4, -0.2) is 18.5 Å². The van der Waals surface area contributed by atoms with Crippen molar-refractivity contribution < 1.29 is 13.5 Å². The Morgan fingerprint density at radius 3 is 2.67 bits per heavy atom. The predicted octanol–water partition coefficient (Wildman–Crippen LogP) is 2.49. The van der Waals surface area contributed by atoms with Crippen LogP contribution in [0, 0.1) is 13.8 Å². The zero-order chi connectivity index (χ0) is 15.6. The molecule has 2 N–H and O–H groups in total. The van der Waals surface area contributed by atoms with E-state index in [1.54, 1.807) is 13.0 Å². The van der Waals surface area contributed by atoms with Gasteiger partial charge in [-0.15, -0.1) is 11.3 Å². The summed E-state index contributed by atoms with van der Waals surface area (Å²) in [7, 11) is -3.66. The van der Waals surface area contributed by atoms with E-state index >= 15 is 0 Å². The van der Waals surface area contributed by atoms with Crippen LogP contribution in [0.5, 0.6) is 0 Å². The highest BCUT2D eigenvalue weighted by Gasteiger charge is 2.19. The average molecular weight is 391 g/mol. The number of aliphatic hydroxyl groups excluding tert-OH is 1. The Morgan fingerprint density at radius 2 is 2.10 bits per heavy atom. The second kappa shape index (κ2) is 6.53. The number of aliphatic hydroxyl groups is 1. The maximum Gasteiger partial charge on any atom is 0.241 e. The van der Waals surface area contributed by atoms with Gasteiger partial charge >= 0.3 is 0 Å². The lowest BCUT2D eigenvalue weighted by molar-refractivity contribution is 0.281. The third-order valence-electron chi connectivity index (χ3n) is 2.91. The third kappa shape index (κ3) is 3.89. The van der Waals surface area contributed by atoms with Crippen molar-refractivity contribution in [2.75, 3.05) is 0 Å². The summed E-state index contributed by atoms with van der Waals surface area (Å²) in [5.41, 5.74) is 2.02. The summed E-state index contributed by atoms with van der Waals surface area (Å²) in [4.78, 5) is 4.38. The van der Waals surface area contributed by atoms with Crippen molar-refractivity contribution in [3.63, 3.8) is 0 Å². The van der Waals surface area contributed by atoms with E-state index in [0.717, 1.165) is 5.69 Å². The zero-order valence-electron chi connectivity index (χ0n) is 11.6. The number of hydrogen-bond acceptors (Lipinski definition) is 5. The first kappa shape index (κ1) is 16.6. The van der Waals surface area contributed by atoms with Gasteiger partial charge in [-0.3, -0.25) is 0 Å². The van der Waals surface area contributed by atoms with E-state index in [9.17, 15) is 13.5 Å². The Morgan fingerprint density at radius 1 is 1.38 bits per heavy atom. The molecule has 0 spiro atoms. The van der Waals surface area contributed by atoms with E-state index in [1.165, 1.54) is 17.4 Å². The SMILES string of the molecule is Cc1csc(CNS(=O)(=O)c2cc(CO)cc(Br)c2C)n1. The number of nitrogens with zero attached hydrogens (tertiary/aromatic N) is 1. The fourth-order valence-electron chi connectivity index (χ4n) is 1.80. The fourth-order valence-corrected chi connectivity index (χ4v) is 4.54. The summed E-state index contributed by atoms with van der Waals surface area (Å²) in [6, 6.07) is 3.19. The lowest BCUT2D eigenvalue weighted by atomic mass is 10.2. The molecule has 0 saturated carbocycles. The van der Waals surface area contributed by atoms with Gasteiger partial charge in [0.2, 0.25) is 10.0 Å². The predicted molar refractivity (Wildman–Crippen MR) is 85.7 cm³/mol. The number of halogens is 1. The van der Waals surface area contributed by atoms with Crippen molar-refractivity contribution in [3.8, 4) is 0 Å². The van der Waals surface area contributed by atoms with E-state index in [1.807, 2.05) is 12.3 Å². The Balaban J connectivity index is 2.29. The number of nitrogens with one attached hydrogen (secondary N) is 1. The molecule has 5 nitrogen and oxygen atoms in total. The minimum Gasteiger partial charge on any atom is -0.392 e. The molecule has 0 aliphatic heterocycles. The standard InChI is InChI=1S/C13H15BrN2O3S2/c1-8-7-20-13(16-8)5-15-21(18,19)12-4-10(6-17)3-11(14)9(12)2/h3-4,7,15,17H,5-6H2,1-2H3. The summed E-state index contributed by atoms with van der Waals surface area (Å²) in [6.07, 6.45) is 0. The number of hydrogen-bond donors (Lipinski definition) is 2. The molecule has 0 radical (unpaired) electrons. The van der Waals surface area contributed by atoms with Crippen molar-refractivity contribution in [1.29, 1.82) is 0 Å². The molecule has 0 bridgehead atoms. The van der Waals surface area contributed by atoms with Crippen LogP contribution in [0.3, 0.4) is 0 Å². The van der Waals surface area contributed by atoms with Crippen LogP contribution in [-0.2, 0) is 23.2 Å². The summed E-state index contributed by atoms with van der Waals surface area (Å²) in [6.45, 7) is 3.52. The molecule has 1 heterocycles. The van der Waals surface area contributed by atoms with Gasteiger partial charge in [0, 0.05) is 15.5 Å². The van der Waals surface area contributed by atoms with Crippen LogP contribution in [0.25, 0.3) is 0 Å². The number of rotatable bonds is 5. The van der Waals surface area contributed by atoms with E-state index < -0.39 is 10.0 Å². The number of sulfonamides is 1. The highest BCUT2D eigenvalue weighted by molar-refractivity contribution is 9.10. The molecule has 0 aliphatic carbocycles. The number of aromatic nitrogens is 1. The maximum atomic E-state index is 12.4. The lowest BCUT2D eigenvalue weighted by Crippen LogP contribution is -2.24. The van der Waals surface area contributed by atoms with Crippen LogP contribution in [0.4, 0.5) is 0 Å². The molecule has 0 unspecified atom stereocenters. The van der Waals surface area contributed by atoms with Gasteiger partial charge in [0.05, 0.1) is 18.0 Å². The van der Waals surface area contributed by atoms with Crippen molar-refractivity contribution >= 4 is 37.3 Å². The lowest BCUT2D eigenvalue weighted by Gasteiger charge is -2.11. The second-order valence-electron chi connectivity index (χ2n) is 4.57. The van der Waals surface area contributed by atoms with Gasteiger partial charge in [-0.25, -0.2) is 18.1 Å². The first-order valence-corrected chi connectivity index (χ1v) is 9.29. The van der Waals surface area contributed by atoms with Gasteiger partial charge in [-0.05, 0) is 37.1 Å². The van der Waals surface area contributed by atoms with Gasteiger partial charge in [0.15, 0.2) is 0 Å². The Kier molecular flexibility index (Phi) is 5.15. The largest absolute Gasteiger partial charge is 0.392 e. The van der Waals surface area contributed by atoms with Gasteiger partial charge < -0.3 is 5.11 Å². The van der Waals surface area contributed by atoms with E-state index in [4.69, 9.17) is 0 Å². The minimum absolute atomic E-state index is 0.154. The number of aryl methyl sites for hydroxylation is 1. The molecule has 1 aromatic heterocycles. The van der Waals surface area contributed by atoms with Crippen LogP contribution in [0.1, 0.15) is 21.8 Å². The molecular formula is C13H15BrN2O3S2. The Hall–Kier alpha value is -0.800. The van der Waals surface area contributed by atoms with Gasteiger partial charge in [0.1, 0.15) is 5.01 Å². The van der Waals surface area contributed by atoms with Crippen LogP contribution in [0.15, 0.2) is 26.9 Å². The number of benzene rings is 1. The fraction of sp³-hybridized carbons (Fsp3) is 0.308. The summed E-state index contributed by atoms with van der Waals surface area (Å²) >= 11 is 4.73. The van der Waals surface area contributed by atoms with Crippen LogP contribution >= 0.6 is 27.3 Å². The molecule has 1 aromatic carbocycles. The summed E-state index contributed by atoms with van der Waals surface area (Å²) in [5.74, 6) is 0. The molecule has 114 valence electrons. The molecule has 0 atom stereocenters. The molecule has 0 saturated heterocycles.